The Balaban J connectivity index is 1.15. The number of benzene rings is 2. The molecule has 7 heteroatoms. The van der Waals surface area contributed by atoms with Crippen molar-refractivity contribution in [3.8, 4) is 11.4 Å². The topological polar surface area (TPSA) is 74.2 Å². The Hall–Kier alpha value is -2.64. The van der Waals surface area contributed by atoms with Crippen LogP contribution in [0.15, 0.2) is 64.5 Å². The number of nitrogens with one attached hydrogen (secondary N) is 1. The van der Waals surface area contributed by atoms with Crippen LogP contribution in [0.4, 0.5) is 5.69 Å². The summed E-state index contributed by atoms with van der Waals surface area (Å²) in [6.07, 6.45) is 15.1. The highest BCUT2D eigenvalue weighted by Gasteiger charge is 2.19. The highest BCUT2D eigenvalue weighted by atomic mass is 32.2. The molecule has 0 amide bonds. The number of rotatable bonds is 9. The number of hydrogen-bond donors (Lipinski definition) is 2. The summed E-state index contributed by atoms with van der Waals surface area (Å²) in [4.78, 5) is 14.0. The summed E-state index contributed by atoms with van der Waals surface area (Å²) < 4.78 is 12.9. The van der Waals surface area contributed by atoms with Gasteiger partial charge in [-0.05, 0) is 91.6 Å². The molecule has 35 heavy (non-hydrogen) atoms. The molecule has 0 bridgehead atoms. The number of anilines is 1. The highest BCUT2D eigenvalue weighted by molar-refractivity contribution is 8.00. The van der Waals surface area contributed by atoms with E-state index in [1.807, 2.05) is 47.3 Å². The molecular weight excluding hydrogens is 456 g/mol. The lowest BCUT2D eigenvalue weighted by atomic mass is 9.86. The van der Waals surface area contributed by atoms with Crippen molar-refractivity contribution in [2.24, 2.45) is 11.7 Å². The molecule has 2 aliphatic rings. The fourth-order valence-electron chi connectivity index (χ4n) is 5.26. The van der Waals surface area contributed by atoms with Gasteiger partial charge in [-0.2, -0.15) is 0 Å². The van der Waals surface area contributed by atoms with E-state index in [-0.39, 0.29) is 11.8 Å². The lowest BCUT2D eigenvalue weighted by Gasteiger charge is -2.25. The van der Waals surface area contributed by atoms with Crippen LogP contribution in [0.5, 0.6) is 5.75 Å². The van der Waals surface area contributed by atoms with Crippen molar-refractivity contribution in [2.45, 2.75) is 75.3 Å². The van der Waals surface area contributed by atoms with Crippen molar-refractivity contribution in [2.75, 3.05) is 11.3 Å². The van der Waals surface area contributed by atoms with E-state index < -0.39 is 0 Å². The number of aryl methyl sites for hydroxylation is 2. The molecule has 0 radical (unpaired) electrons. The molecule has 1 saturated carbocycles. The summed E-state index contributed by atoms with van der Waals surface area (Å²) in [6, 6.07) is 14.3. The van der Waals surface area contributed by atoms with E-state index in [2.05, 4.69) is 16.9 Å². The van der Waals surface area contributed by atoms with E-state index in [0.29, 0.717) is 6.54 Å². The maximum Gasteiger partial charge on any atom is 0.332 e. The Morgan fingerprint density at radius 1 is 1.03 bits per heavy atom. The van der Waals surface area contributed by atoms with Crippen LogP contribution in [-0.2, 0) is 13.0 Å². The summed E-state index contributed by atoms with van der Waals surface area (Å²) >= 11 is 1.58. The van der Waals surface area contributed by atoms with Crippen LogP contribution in [0.2, 0.25) is 0 Å². The molecule has 0 spiro atoms. The first-order valence-corrected chi connectivity index (χ1v) is 13.8. The predicted octanol–water partition coefficient (Wildman–Crippen LogP) is 5.77. The van der Waals surface area contributed by atoms with E-state index in [4.69, 9.17) is 10.5 Å². The van der Waals surface area contributed by atoms with E-state index in [0.717, 1.165) is 53.7 Å². The number of fused-ring (bicyclic) bond motifs is 1. The second-order valence-electron chi connectivity index (χ2n) is 9.83. The molecule has 1 aliphatic carbocycles. The van der Waals surface area contributed by atoms with Crippen molar-refractivity contribution in [1.82, 2.24) is 9.13 Å². The van der Waals surface area contributed by atoms with Gasteiger partial charge >= 0.3 is 5.69 Å². The molecule has 1 aromatic heterocycles. The minimum atomic E-state index is 0.0388. The number of imidazole rings is 1. The van der Waals surface area contributed by atoms with Gasteiger partial charge in [0.15, 0.2) is 0 Å². The summed E-state index contributed by atoms with van der Waals surface area (Å²) in [5.74, 6) is 1.81. The normalized spacial score (nSPS) is 18.1. The fourth-order valence-corrected chi connectivity index (χ4v) is 5.97. The van der Waals surface area contributed by atoms with E-state index in [1.165, 1.54) is 44.1 Å². The Labute approximate surface area is 212 Å². The van der Waals surface area contributed by atoms with Crippen molar-refractivity contribution in [3.63, 3.8) is 0 Å². The molecule has 3 aromatic rings. The molecule has 1 unspecified atom stereocenters. The van der Waals surface area contributed by atoms with Crippen LogP contribution in [-0.4, -0.2) is 21.8 Å². The Morgan fingerprint density at radius 3 is 2.66 bits per heavy atom. The van der Waals surface area contributed by atoms with Crippen molar-refractivity contribution in [1.29, 1.82) is 0 Å². The van der Waals surface area contributed by atoms with Crippen LogP contribution in [0, 0.1) is 5.92 Å². The fraction of sp³-hybridized carbons (Fsp3) is 0.464. The number of hydrogen-bond acceptors (Lipinski definition) is 5. The van der Waals surface area contributed by atoms with Crippen molar-refractivity contribution < 1.29 is 4.74 Å². The monoisotopic (exact) mass is 492 g/mol. The zero-order valence-electron chi connectivity index (χ0n) is 20.3. The van der Waals surface area contributed by atoms with Crippen molar-refractivity contribution >= 4 is 17.6 Å². The third-order valence-electron chi connectivity index (χ3n) is 7.34. The standard InChI is InChI=1S/C28H36N4O2S/c29-20-25-13-8-22-19-26(14-15-27(22)34-25)35-30-23-9-11-24(12-10-23)32-18-17-31(28(32)33)16-4-7-21-5-2-1-3-6-21/h9-12,14-15,17-19,21,25,30H,1-8,13,16,20,29H2. The van der Waals surface area contributed by atoms with Gasteiger partial charge in [0.25, 0.3) is 0 Å². The van der Waals surface area contributed by atoms with Gasteiger partial charge in [-0.25, -0.2) is 4.79 Å². The van der Waals surface area contributed by atoms with Crippen LogP contribution in [0.1, 0.15) is 56.9 Å². The van der Waals surface area contributed by atoms with Gasteiger partial charge < -0.3 is 15.2 Å². The lowest BCUT2D eigenvalue weighted by Crippen LogP contribution is -2.30. The molecule has 5 rings (SSSR count). The second kappa shape index (κ2) is 11.4. The largest absolute Gasteiger partial charge is 0.489 e. The molecule has 2 aromatic carbocycles. The molecule has 1 aliphatic heterocycles. The summed E-state index contributed by atoms with van der Waals surface area (Å²) in [7, 11) is 0. The van der Waals surface area contributed by atoms with E-state index >= 15 is 0 Å². The van der Waals surface area contributed by atoms with Crippen LogP contribution in [0.25, 0.3) is 5.69 Å². The highest BCUT2D eigenvalue weighted by Crippen LogP contribution is 2.32. The maximum atomic E-state index is 12.9. The van der Waals surface area contributed by atoms with Gasteiger partial charge in [-0.15, -0.1) is 0 Å². The lowest BCUT2D eigenvalue weighted by molar-refractivity contribution is 0.181. The second-order valence-corrected chi connectivity index (χ2v) is 10.7. The van der Waals surface area contributed by atoms with Gasteiger partial charge in [-0.1, -0.05) is 32.1 Å². The smallest absolute Gasteiger partial charge is 0.332 e. The number of ether oxygens (including phenoxy) is 1. The van der Waals surface area contributed by atoms with Crippen molar-refractivity contribution in [3.05, 3.63) is 70.9 Å². The average molecular weight is 493 g/mol. The quantitative estimate of drug-likeness (QED) is 0.371. The first-order valence-electron chi connectivity index (χ1n) is 13.0. The molecule has 186 valence electrons. The van der Waals surface area contributed by atoms with Gasteiger partial charge in [0, 0.05) is 36.1 Å². The first-order chi connectivity index (χ1) is 17.2. The summed E-state index contributed by atoms with van der Waals surface area (Å²) in [5, 5.41) is 0. The molecule has 6 nitrogen and oxygen atoms in total. The molecule has 1 atom stereocenters. The summed E-state index contributed by atoms with van der Waals surface area (Å²) in [5.41, 5.74) is 8.90. The molecule has 3 N–H and O–H groups in total. The van der Waals surface area contributed by atoms with Crippen LogP contribution in [0.3, 0.4) is 0 Å². The Morgan fingerprint density at radius 2 is 1.86 bits per heavy atom. The number of nitrogens with zero attached hydrogens (tertiary/aromatic N) is 2. The zero-order valence-corrected chi connectivity index (χ0v) is 21.1. The molecule has 1 fully saturated rings. The van der Waals surface area contributed by atoms with E-state index in [1.54, 1.807) is 16.5 Å². The molecular formula is C28H36N4O2S. The minimum Gasteiger partial charge on any atom is -0.489 e. The third kappa shape index (κ3) is 5.96. The van der Waals surface area contributed by atoms with E-state index in [9.17, 15) is 4.79 Å². The average Bonchev–Trinajstić information content (AvgIpc) is 3.28. The van der Waals surface area contributed by atoms with Gasteiger partial charge in [0.05, 0.1) is 5.69 Å². The van der Waals surface area contributed by atoms with Crippen LogP contribution >= 0.6 is 11.9 Å². The van der Waals surface area contributed by atoms with Gasteiger partial charge in [0.1, 0.15) is 11.9 Å². The SMILES string of the molecule is NCC1CCc2cc(SNc3ccc(-n4ccn(CCCC5CCCCC5)c4=O)cc3)ccc2O1. The Bertz CT molecular complexity index is 1160. The number of nitrogens with two attached hydrogens (primary N) is 1. The van der Waals surface area contributed by atoms with Gasteiger partial charge in [-0.3, -0.25) is 9.13 Å². The zero-order chi connectivity index (χ0) is 24.0. The molecule has 2 heterocycles. The Kier molecular flexibility index (Phi) is 7.84. The maximum absolute atomic E-state index is 12.9. The molecule has 0 saturated heterocycles. The van der Waals surface area contributed by atoms with Gasteiger partial charge in [0.2, 0.25) is 0 Å². The summed E-state index contributed by atoms with van der Waals surface area (Å²) in [6.45, 7) is 1.36. The van der Waals surface area contributed by atoms with Crippen LogP contribution < -0.4 is 20.9 Å². The minimum absolute atomic E-state index is 0.0388. The number of aromatic nitrogens is 2. The third-order valence-corrected chi connectivity index (χ3v) is 8.17. The predicted molar refractivity (Wildman–Crippen MR) is 144 cm³/mol. The first kappa shape index (κ1) is 24.1.